The third-order valence-corrected chi connectivity index (χ3v) is 8.25. The first-order chi connectivity index (χ1) is 24.1. The Morgan fingerprint density at radius 2 is 1.22 bits per heavy atom. The highest BCUT2D eigenvalue weighted by Gasteiger charge is 2.31. The number of aliphatic carboxylic acids is 4. The summed E-state index contributed by atoms with van der Waals surface area (Å²) in [6, 6.07) is 9.71. The van der Waals surface area contributed by atoms with Crippen molar-refractivity contribution in [3.8, 4) is 0 Å². The average molecular weight is 725 g/mol. The molecule has 18 heteroatoms. The average Bonchev–Trinajstić information content (AvgIpc) is 3.04. The second kappa shape index (κ2) is 19.6. The van der Waals surface area contributed by atoms with Crippen molar-refractivity contribution in [3.05, 3.63) is 59.7 Å². The Morgan fingerprint density at radius 3 is 1.71 bits per heavy atom. The first kappa shape index (κ1) is 40.6. The molecule has 1 heterocycles. The van der Waals surface area contributed by atoms with E-state index in [-0.39, 0.29) is 108 Å². The number of halogens is 3. The highest BCUT2D eigenvalue weighted by atomic mass is 19.4. The minimum Gasteiger partial charge on any atom is -0.480 e. The van der Waals surface area contributed by atoms with Crippen molar-refractivity contribution in [3.63, 3.8) is 0 Å². The summed E-state index contributed by atoms with van der Waals surface area (Å²) < 4.78 is 39.6. The van der Waals surface area contributed by atoms with Gasteiger partial charge >= 0.3 is 30.1 Å². The summed E-state index contributed by atoms with van der Waals surface area (Å²) in [6.07, 6.45) is -4.26. The van der Waals surface area contributed by atoms with Gasteiger partial charge in [0.05, 0.1) is 36.4 Å². The third-order valence-electron chi connectivity index (χ3n) is 8.25. The van der Waals surface area contributed by atoms with Crippen LogP contribution in [0.4, 0.5) is 24.5 Å². The van der Waals surface area contributed by atoms with Crippen LogP contribution in [0.25, 0.3) is 0 Å². The predicted molar refractivity (Wildman–Crippen MR) is 178 cm³/mol. The van der Waals surface area contributed by atoms with Gasteiger partial charge in [-0.2, -0.15) is 13.2 Å². The molecule has 0 aliphatic carbocycles. The Morgan fingerprint density at radius 1 is 0.706 bits per heavy atom. The SMILES string of the molecule is O=C(O)CN1CCN(CC(=O)O)CCN(C(CCCNC(=O)c2ccccc2Nc2cccc(C(F)(F)F)c2)C(=O)O)CCN(CC(=O)O)CC1. The Hall–Kier alpha value is -4.78. The molecule has 6 N–H and O–H groups in total. The summed E-state index contributed by atoms with van der Waals surface area (Å²) in [5.74, 6) is -4.99. The van der Waals surface area contributed by atoms with Gasteiger partial charge in [0.15, 0.2) is 0 Å². The molecule has 0 aromatic heterocycles. The molecule has 1 saturated heterocycles. The van der Waals surface area contributed by atoms with Crippen LogP contribution < -0.4 is 10.6 Å². The Labute approximate surface area is 292 Å². The Kier molecular flexibility index (Phi) is 15.6. The standard InChI is InChI=1S/C33H43F3N6O9/c34-33(35,36)23-5-3-6-24(19-23)38-26-8-2-1-7-25(26)31(49)37-10-4-9-27(32(50)51)42-17-15-40(21-29(45)46)13-11-39(20-28(43)44)12-14-41(16-18-42)22-30(47)48/h1-3,5-8,19,27,38H,4,9-18,20-22H2,(H,37,49)(H,43,44)(H,45,46)(H,47,48)(H,50,51). The second-order valence-corrected chi connectivity index (χ2v) is 12.0. The summed E-state index contributed by atoms with van der Waals surface area (Å²) in [5.41, 5.74) is -0.306. The largest absolute Gasteiger partial charge is 0.480 e. The van der Waals surface area contributed by atoms with Crippen LogP contribution in [-0.2, 0) is 25.4 Å². The van der Waals surface area contributed by atoms with Crippen LogP contribution in [0.3, 0.4) is 0 Å². The van der Waals surface area contributed by atoms with Gasteiger partial charge in [-0.25, -0.2) is 0 Å². The van der Waals surface area contributed by atoms with Crippen LogP contribution in [0.1, 0.15) is 28.8 Å². The molecule has 1 aliphatic rings. The van der Waals surface area contributed by atoms with E-state index < -0.39 is 47.6 Å². The van der Waals surface area contributed by atoms with Crippen molar-refractivity contribution in [2.24, 2.45) is 0 Å². The molecule has 1 aliphatic heterocycles. The number of carbonyl (C=O) groups is 5. The number of carbonyl (C=O) groups excluding carboxylic acids is 1. The van der Waals surface area contributed by atoms with Crippen molar-refractivity contribution < 1.29 is 57.6 Å². The highest BCUT2D eigenvalue weighted by molar-refractivity contribution is 6.00. The highest BCUT2D eigenvalue weighted by Crippen LogP contribution is 2.32. The van der Waals surface area contributed by atoms with E-state index in [2.05, 4.69) is 10.6 Å². The molecule has 1 atom stereocenters. The summed E-state index contributed by atoms with van der Waals surface area (Å²) in [7, 11) is 0. The van der Waals surface area contributed by atoms with Gasteiger partial charge in [0.1, 0.15) is 6.04 Å². The summed E-state index contributed by atoms with van der Waals surface area (Å²) in [6.45, 7) is 0.304. The minimum absolute atomic E-state index is 0.0596. The number of carboxylic acid groups (broad SMARTS) is 4. The van der Waals surface area contributed by atoms with Crippen molar-refractivity contribution in [1.82, 2.24) is 24.9 Å². The first-order valence-corrected chi connectivity index (χ1v) is 16.2. The maximum absolute atomic E-state index is 13.2. The van der Waals surface area contributed by atoms with Crippen LogP contribution in [0.5, 0.6) is 0 Å². The predicted octanol–water partition coefficient (Wildman–Crippen LogP) is 1.89. The molecule has 0 saturated carbocycles. The zero-order valence-electron chi connectivity index (χ0n) is 27.8. The van der Waals surface area contributed by atoms with E-state index in [0.717, 1.165) is 12.1 Å². The van der Waals surface area contributed by atoms with E-state index in [9.17, 15) is 57.6 Å². The molecule has 0 radical (unpaired) electrons. The van der Waals surface area contributed by atoms with E-state index in [1.54, 1.807) is 31.7 Å². The number of hydrogen-bond donors (Lipinski definition) is 6. The fraction of sp³-hybridized carbons (Fsp3) is 0.485. The number of benzene rings is 2. The van der Waals surface area contributed by atoms with Gasteiger partial charge in [-0.3, -0.25) is 43.6 Å². The zero-order chi connectivity index (χ0) is 37.6. The van der Waals surface area contributed by atoms with Gasteiger partial charge in [-0.05, 0) is 43.2 Å². The van der Waals surface area contributed by atoms with E-state index >= 15 is 0 Å². The normalized spacial score (nSPS) is 16.7. The molecule has 15 nitrogen and oxygen atoms in total. The topological polar surface area (TPSA) is 203 Å². The monoisotopic (exact) mass is 724 g/mol. The summed E-state index contributed by atoms with van der Waals surface area (Å²) >= 11 is 0. The van der Waals surface area contributed by atoms with Gasteiger partial charge in [0, 0.05) is 64.6 Å². The van der Waals surface area contributed by atoms with Gasteiger partial charge in [0.25, 0.3) is 5.91 Å². The van der Waals surface area contributed by atoms with Gasteiger partial charge in [-0.1, -0.05) is 18.2 Å². The van der Waals surface area contributed by atoms with Crippen LogP contribution >= 0.6 is 0 Å². The maximum atomic E-state index is 13.2. The molecule has 2 aromatic carbocycles. The van der Waals surface area contributed by atoms with Gasteiger partial charge < -0.3 is 31.1 Å². The lowest BCUT2D eigenvalue weighted by Crippen LogP contribution is -2.51. The molecular formula is C33H43F3N6O9. The molecule has 2 aromatic rings. The zero-order valence-corrected chi connectivity index (χ0v) is 27.8. The number of para-hydroxylation sites is 1. The smallest absolute Gasteiger partial charge is 0.416 e. The lowest BCUT2D eigenvalue weighted by Gasteiger charge is -2.35. The number of amides is 1. The van der Waals surface area contributed by atoms with Crippen molar-refractivity contribution in [1.29, 1.82) is 0 Å². The molecule has 0 spiro atoms. The molecule has 51 heavy (non-hydrogen) atoms. The van der Waals surface area contributed by atoms with Crippen molar-refractivity contribution in [2.45, 2.75) is 25.1 Å². The van der Waals surface area contributed by atoms with Crippen LogP contribution in [0, 0.1) is 0 Å². The maximum Gasteiger partial charge on any atom is 0.416 e. The third kappa shape index (κ3) is 14.2. The molecule has 280 valence electrons. The fourth-order valence-corrected chi connectivity index (χ4v) is 5.69. The second-order valence-electron chi connectivity index (χ2n) is 12.0. The van der Waals surface area contributed by atoms with Gasteiger partial charge in [-0.15, -0.1) is 0 Å². The number of alkyl halides is 3. The summed E-state index contributed by atoms with van der Waals surface area (Å²) in [4.78, 5) is 66.6. The van der Waals surface area contributed by atoms with E-state index in [1.807, 2.05) is 0 Å². The number of nitrogens with zero attached hydrogens (tertiary/aromatic N) is 4. The van der Waals surface area contributed by atoms with Crippen molar-refractivity contribution in [2.75, 3.05) is 83.9 Å². The van der Waals surface area contributed by atoms with Crippen LogP contribution in [-0.4, -0.2) is 154 Å². The molecule has 1 fully saturated rings. The molecule has 1 unspecified atom stereocenters. The Balaban J connectivity index is 1.69. The number of carboxylic acids is 4. The van der Waals surface area contributed by atoms with Crippen molar-refractivity contribution >= 4 is 41.2 Å². The number of hydrogen-bond acceptors (Lipinski definition) is 10. The molecule has 3 rings (SSSR count). The Bertz CT molecular complexity index is 1480. The van der Waals surface area contributed by atoms with E-state index in [0.29, 0.717) is 0 Å². The van der Waals surface area contributed by atoms with Gasteiger partial charge in [0.2, 0.25) is 0 Å². The van der Waals surface area contributed by atoms with Crippen LogP contribution in [0.15, 0.2) is 48.5 Å². The number of rotatable bonds is 15. The lowest BCUT2D eigenvalue weighted by molar-refractivity contribution is -0.145. The fourth-order valence-electron chi connectivity index (χ4n) is 5.69. The summed E-state index contributed by atoms with van der Waals surface area (Å²) in [5, 5.41) is 44.0. The van der Waals surface area contributed by atoms with E-state index in [4.69, 9.17) is 0 Å². The van der Waals surface area contributed by atoms with E-state index in [1.165, 1.54) is 24.3 Å². The lowest BCUT2D eigenvalue weighted by atomic mass is 10.1. The van der Waals surface area contributed by atoms with Crippen LogP contribution in [0.2, 0.25) is 0 Å². The minimum atomic E-state index is -4.55. The molecule has 0 bridgehead atoms. The first-order valence-electron chi connectivity index (χ1n) is 16.2. The number of anilines is 2. The quantitative estimate of drug-likeness (QED) is 0.145. The molecular weight excluding hydrogens is 681 g/mol. The molecule has 1 amide bonds. The number of nitrogens with one attached hydrogen (secondary N) is 2.